The Morgan fingerprint density at radius 3 is 2.40 bits per heavy atom. The SMILES string of the molecule is COc1cc(OC)c(/C=C(\C#N)C(=O)Nc2ccccc2Cl)cc1Cl. The molecule has 2 rings (SSSR count). The van der Waals surface area contributed by atoms with Crippen molar-refractivity contribution in [2.75, 3.05) is 19.5 Å². The zero-order chi connectivity index (χ0) is 18.4. The van der Waals surface area contributed by atoms with Crippen molar-refractivity contribution in [1.29, 1.82) is 5.26 Å². The van der Waals surface area contributed by atoms with Gasteiger partial charge in [-0.15, -0.1) is 0 Å². The minimum absolute atomic E-state index is 0.126. The van der Waals surface area contributed by atoms with E-state index in [4.69, 9.17) is 32.7 Å². The number of methoxy groups -OCH3 is 2. The minimum Gasteiger partial charge on any atom is -0.496 e. The van der Waals surface area contributed by atoms with Gasteiger partial charge in [-0.25, -0.2) is 0 Å². The molecule has 0 heterocycles. The predicted molar refractivity (Wildman–Crippen MR) is 98.2 cm³/mol. The fourth-order valence-corrected chi connectivity index (χ4v) is 2.48. The molecule has 0 aliphatic carbocycles. The van der Waals surface area contributed by atoms with E-state index in [1.165, 1.54) is 20.3 Å². The van der Waals surface area contributed by atoms with Crippen molar-refractivity contribution >= 4 is 40.9 Å². The highest BCUT2D eigenvalue weighted by Crippen LogP contribution is 2.33. The quantitative estimate of drug-likeness (QED) is 0.613. The molecule has 0 radical (unpaired) electrons. The van der Waals surface area contributed by atoms with Crippen molar-refractivity contribution in [3.05, 3.63) is 57.6 Å². The van der Waals surface area contributed by atoms with E-state index in [9.17, 15) is 10.1 Å². The van der Waals surface area contributed by atoms with E-state index >= 15 is 0 Å². The van der Waals surface area contributed by atoms with Crippen LogP contribution in [-0.4, -0.2) is 20.1 Å². The van der Waals surface area contributed by atoms with Crippen LogP contribution in [0.5, 0.6) is 11.5 Å². The molecule has 0 bridgehead atoms. The Morgan fingerprint density at radius 1 is 1.12 bits per heavy atom. The number of hydrogen-bond acceptors (Lipinski definition) is 4. The highest BCUT2D eigenvalue weighted by Gasteiger charge is 2.14. The zero-order valence-corrected chi connectivity index (χ0v) is 15.0. The summed E-state index contributed by atoms with van der Waals surface area (Å²) in [6.45, 7) is 0. The van der Waals surface area contributed by atoms with Gasteiger partial charge in [0.25, 0.3) is 5.91 Å². The van der Waals surface area contributed by atoms with Gasteiger partial charge in [0.1, 0.15) is 23.1 Å². The number of hydrogen-bond donors (Lipinski definition) is 1. The summed E-state index contributed by atoms with van der Waals surface area (Å²) in [7, 11) is 2.95. The summed E-state index contributed by atoms with van der Waals surface area (Å²) in [5, 5.41) is 12.6. The molecule has 0 aliphatic rings. The zero-order valence-electron chi connectivity index (χ0n) is 13.5. The van der Waals surface area contributed by atoms with E-state index in [1.54, 1.807) is 36.4 Å². The van der Waals surface area contributed by atoms with Gasteiger partial charge in [0.15, 0.2) is 0 Å². The van der Waals surface area contributed by atoms with Crippen molar-refractivity contribution in [2.45, 2.75) is 0 Å². The lowest BCUT2D eigenvalue weighted by Crippen LogP contribution is -2.13. The van der Waals surface area contributed by atoms with Crippen molar-refractivity contribution in [3.63, 3.8) is 0 Å². The van der Waals surface area contributed by atoms with Crippen LogP contribution in [-0.2, 0) is 4.79 Å². The molecule has 0 aliphatic heterocycles. The molecule has 0 aromatic heterocycles. The van der Waals surface area contributed by atoms with E-state index in [1.807, 2.05) is 6.07 Å². The van der Waals surface area contributed by atoms with Crippen LogP contribution in [0.25, 0.3) is 6.08 Å². The molecule has 0 spiro atoms. The number of halogens is 2. The Kier molecular flexibility index (Phi) is 6.29. The number of benzene rings is 2. The van der Waals surface area contributed by atoms with Gasteiger partial charge >= 0.3 is 0 Å². The third-order valence-electron chi connectivity index (χ3n) is 3.29. The van der Waals surface area contributed by atoms with Crippen molar-refractivity contribution in [1.82, 2.24) is 0 Å². The first-order valence-electron chi connectivity index (χ1n) is 7.09. The topological polar surface area (TPSA) is 71.3 Å². The highest BCUT2D eigenvalue weighted by molar-refractivity contribution is 6.34. The van der Waals surface area contributed by atoms with Crippen LogP contribution >= 0.6 is 23.2 Å². The first-order chi connectivity index (χ1) is 12.0. The standard InChI is InChI=1S/C18H14Cl2N2O3/c1-24-16-9-17(25-2)14(20)8-11(16)7-12(10-21)18(23)22-15-6-4-3-5-13(15)19/h3-9H,1-2H3,(H,22,23)/b12-7+. The molecule has 5 nitrogen and oxygen atoms in total. The second-order valence-electron chi connectivity index (χ2n) is 4.83. The molecule has 7 heteroatoms. The van der Waals surface area contributed by atoms with Crippen LogP contribution in [0.1, 0.15) is 5.56 Å². The fraction of sp³-hybridized carbons (Fsp3) is 0.111. The summed E-state index contributed by atoms with van der Waals surface area (Å²) < 4.78 is 10.4. The van der Waals surface area contributed by atoms with E-state index < -0.39 is 5.91 Å². The number of nitriles is 1. The summed E-state index contributed by atoms with van der Waals surface area (Å²) >= 11 is 12.1. The van der Waals surface area contributed by atoms with Crippen molar-refractivity contribution in [2.24, 2.45) is 0 Å². The Morgan fingerprint density at radius 2 is 1.80 bits per heavy atom. The predicted octanol–water partition coefficient (Wildman–Crippen LogP) is 4.56. The Bertz CT molecular complexity index is 873. The normalized spacial score (nSPS) is 10.8. The molecule has 0 fully saturated rings. The maximum Gasteiger partial charge on any atom is 0.266 e. The van der Waals surface area contributed by atoms with Crippen molar-refractivity contribution in [3.8, 4) is 17.6 Å². The van der Waals surface area contributed by atoms with Crippen LogP contribution in [0, 0.1) is 11.3 Å². The molecule has 0 atom stereocenters. The Hall–Kier alpha value is -2.68. The van der Waals surface area contributed by atoms with E-state index in [0.717, 1.165) is 0 Å². The van der Waals surface area contributed by atoms with Gasteiger partial charge in [0.05, 0.1) is 30.0 Å². The molecule has 0 saturated heterocycles. The second kappa shape index (κ2) is 8.43. The maximum absolute atomic E-state index is 12.3. The number of nitrogens with one attached hydrogen (secondary N) is 1. The number of ether oxygens (including phenoxy) is 2. The smallest absolute Gasteiger partial charge is 0.266 e. The molecule has 1 N–H and O–H groups in total. The van der Waals surface area contributed by atoms with E-state index in [-0.39, 0.29) is 5.57 Å². The minimum atomic E-state index is -0.593. The van der Waals surface area contributed by atoms with Gasteiger partial charge in [0, 0.05) is 11.6 Å². The molecule has 128 valence electrons. The molecule has 2 aromatic rings. The average molecular weight is 377 g/mol. The molecule has 1 amide bonds. The van der Waals surface area contributed by atoms with Crippen LogP contribution in [0.15, 0.2) is 42.0 Å². The average Bonchev–Trinajstić information content (AvgIpc) is 2.61. The summed E-state index contributed by atoms with van der Waals surface area (Å²) in [6.07, 6.45) is 1.39. The summed E-state index contributed by atoms with van der Waals surface area (Å²) in [6, 6.07) is 11.7. The number of rotatable bonds is 5. The first-order valence-corrected chi connectivity index (χ1v) is 7.85. The lowest BCUT2D eigenvalue weighted by atomic mass is 10.1. The number of anilines is 1. The largest absolute Gasteiger partial charge is 0.496 e. The van der Waals surface area contributed by atoms with Crippen LogP contribution in [0.2, 0.25) is 10.0 Å². The van der Waals surface area contributed by atoms with E-state index in [0.29, 0.717) is 32.8 Å². The third kappa shape index (κ3) is 4.44. The molecule has 2 aromatic carbocycles. The second-order valence-corrected chi connectivity index (χ2v) is 5.65. The summed E-state index contributed by atoms with van der Waals surface area (Å²) in [5.41, 5.74) is 0.758. The van der Waals surface area contributed by atoms with Gasteiger partial charge in [0.2, 0.25) is 0 Å². The van der Waals surface area contributed by atoms with Crippen LogP contribution < -0.4 is 14.8 Å². The van der Waals surface area contributed by atoms with Gasteiger partial charge in [-0.1, -0.05) is 35.3 Å². The summed E-state index contributed by atoms with van der Waals surface area (Å²) in [5.74, 6) is 0.249. The highest BCUT2D eigenvalue weighted by atomic mass is 35.5. The molecule has 0 unspecified atom stereocenters. The number of carbonyl (C=O) groups is 1. The number of nitrogens with zero attached hydrogens (tertiary/aromatic N) is 1. The third-order valence-corrected chi connectivity index (χ3v) is 3.92. The number of para-hydroxylation sites is 1. The lowest BCUT2D eigenvalue weighted by molar-refractivity contribution is -0.112. The van der Waals surface area contributed by atoms with Gasteiger partial charge in [-0.05, 0) is 24.3 Å². The molecular formula is C18H14Cl2N2O3. The monoisotopic (exact) mass is 376 g/mol. The van der Waals surface area contributed by atoms with Gasteiger partial charge in [-0.3, -0.25) is 4.79 Å². The number of amides is 1. The van der Waals surface area contributed by atoms with Gasteiger partial charge < -0.3 is 14.8 Å². The summed E-state index contributed by atoms with van der Waals surface area (Å²) in [4.78, 5) is 12.3. The van der Waals surface area contributed by atoms with Crippen molar-refractivity contribution < 1.29 is 14.3 Å². The Labute approximate surface area is 155 Å². The van der Waals surface area contributed by atoms with Crippen LogP contribution in [0.4, 0.5) is 5.69 Å². The maximum atomic E-state index is 12.3. The van der Waals surface area contributed by atoms with Gasteiger partial charge in [-0.2, -0.15) is 5.26 Å². The first kappa shape index (κ1) is 18.7. The molecular weight excluding hydrogens is 363 g/mol. The van der Waals surface area contributed by atoms with E-state index in [2.05, 4.69) is 5.32 Å². The lowest BCUT2D eigenvalue weighted by Gasteiger charge is -2.10. The van der Waals surface area contributed by atoms with Crippen LogP contribution in [0.3, 0.4) is 0 Å². The molecule has 25 heavy (non-hydrogen) atoms. The molecule has 0 saturated carbocycles. The Balaban J connectivity index is 2.37. The number of carbonyl (C=O) groups excluding carboxylic acids is 1. The fourth-order valence-electron chi connectivity index (χ4n) is 2.05.